The summed E-state index contributed by atoms with van der Waals surface area (Å²) in [5.74, 6) is 1.17. The predicted molar refractivity (Wildman–Crippen MR) is 136 cm³/mol. The Balaban J connectivity index is 1.01. The highest BCUT2D eigenvalue weighted by atomic mass is 16.5. The van der Waals surface area contributed by atoms with Gasteiger partial charge >= 0.3 is 0 Å². The largest absolute Gasteiger partial charge is 0.356 e. The zero-order chi connectivity index (χ0) is 23.2. The highest BCUT2D eigenvalue weighted by Gasteiger charge is 2.34. The van der Waals surface area contributed by atoms with Crippen molar-refractivity contribution in [3.63, 3.8) is 0 Å². The maximum Gasteiger partial charge on any atom is 0.227 e. The van der Waals surface area contributed by atoms with E-state index >= 15 is 0 Å². The molecule has 0 spiro atoms. The Bertz CT molecular complexity index is 1220. The van der Waals surface area contributed by atoms with Gasteiger partial charge in [0, 0.05) is 24.3 Å². The lowest BCUT2D eigenvalue weighted by molar-refractivity contribution is -0.119. The first-order valence-electron chi connectivity index (χ1n) is 13.1. The van der Waals surface area contributed by atoms with Gasteiger partial charge in [0.25, 0.3) is 0 Å². The van der Waals surface area contributed by atoms with Crippen LogP contribution in [0.3, 0.4) is 0 Å². The molecule has 0 bridgehead atoms. The van der Waals surface area contributed by atoms with Crippen molar-refractivity contribution in [3.05, 3.63) is 58.3 Å². The van der Waals surface area contributed by atoms with E-state index in [9.17, 15) is 4.79 Å². The van der Waals surface area contributed by atoms with Crippen LogP contribution in [-0.2, 0) is 17.6 Å². The van der Waals surface area contributed by atoms with Gasteiger partial charge in [0.1, 0.15) is 0 Å². The Labute approximate surface area is 202 Å². The average Bonchev–Trinajstić information content (AvgIpc) is 3.45. The molecule has 34 heavy (non-hydrogen) atoms. The molecule has 2 aromatic carbocycles. The van der Waals surface area contributed by atoms with Crippen LogP contribution in [0.25, 0.3) is 11.0 Å². The van der Waals surface area contributed by atoms with Gasteiger partial charge in [0.15, 0.2) is 5.58 Å². The third-order valence-electron chi connectivity index (χ3n) is 8.29. The number of aromatic nitrogens is 1. The van der Waals surface area contributed by atoms with Crippen LogP contribution in [0.1, 0.15) is 78.8 Å². The monoisotopic (exact) mass is 457 g/mol. The van der Waals surface area contributed by atoms with E-state index in [-0.39, 0.29) is 0 Å². The Morgan fingerprint density at radius 2 is 1.94 bits per heavy atom. The van der Waals surface area contributed by atoms with E-state index in [1.165, 1.54) is 52.7 Å². The van der Waals surface area contributed by atoms with Gasteiger partial charge in [-0.15, -0.1) is 0 Å². The van der Waals surface area contributed by atoms with Crippen LogP contribution in [-0.4, -0.2) is 42.1 Å². The smallest absolute Gasteiger partial charge is 0.227 e. The van der Waals surface area contributed by atoms with Crippen LogP contribution in [0.15, 0.2) is 34.9 Å². The van der Waals surface area contributed by atoms with Gasteiger partial charge in [-0.05, 0) is 105 Å². The molecule has 1 atom stereocenters. The molecule has 1 amide bonds. The summed E-state index contributed by atoms with van der Waals surface area (Å²) in [5, 5.41) is 5.63. The van der Waals surface area contributed by atoms with Gasteiger partial charge in [-0.1, -0.05) is 30.3 Å². The molecule has 1 saturated heterocycles. The second kappa shape index (κ2) is 8.84. The molecule has 178 valence electrons. The maximum atomic E-state index is 12.3. The fourth-order valence-corrected chi connectivity index (χ4v) is 6.36. The molecule has 0 N–H and O–H groups in total. The summed E-state index contributed by atoms with van der Waals surface area (Å²) in [5.41, 5.74) is 8.80. The summed E-state index contributed by atoms with van der Waals surface area (Å²) in [6.45, 7) is 8.65. The summed E-state index contributed by atoms with van der Waals surface area (Å²) >= 11 is 0. The standard InChI is InChI=1S/C29H35N3O2/c1-19-6-7-24-26(15-19)34-30-28(24)22-8-12-31(13-9-22)11-4-3-5-21-17-23-10-14-32-27(33)16-20(2)25(18-21)29(23)32/h6-7,15,17-18,20,22H,3-5,8-14,16H2,1-2H3. The number of aryl methyl sites for hydroxylation is 2. The Morgan fingerprint density at radius 1 is 1.09 bits per heavy atom. The molecule has 1 fully saturated rings. The van der Waals surface area contributed by atoms with E-state index in [1.54, 1.807) is 0 Å². The predicted octanol–water partition coefficient (Wildman–Crippen LogP) is 5.73. The van der Waals surface area contributed by atoms with Crippen molar-refractivity contribution in [1.82, 2.24) is 10.1 Å². The maximum absolute atomic E-state index is 12.3. The molecule has 5 heteroatoms. The van der Waals surface area contributed by atoms with Crippen molar-refractivity contribution >= 4 is 22.6 Å². The fourth-order valence-electron chi connectivity index (χ4n) is 6.36. The average molecular weight is 458 g/mol. The summed E-state index contributed by atoms with van der Waals surface area (Å²) < 4.78 is 5.61. The van der Waals surface area contributed by atoms with E-state index in [0.29, 0.717) is 24.2 Å². The number of amides is 1. The Kier molecular flexibility index (Phi) is 5.68. The van der Waals surface area contributed by atoms with E-state index in [1.807, 2.05) is 4.90 Å². The number of fused-ring (bicyclic) bond motifs is 1. The zero-order valence-corrected chi connectivity index (χ0v) is 20.5. The zero-order valence-electron chi connectivity index (χ0n) is 20.5. The molecule has 1 unspecified atom stereocenters. The lowest BCUT2D eigenvalue weighted by atomic mass is 9.88. The van der Waals surface area contributed by atoms with Gasteiger partial charge in [-0.2, -0.15) is 0 Å². The second-order valence-corrected chi connectivity index (χ2v) is 10.7. The first-order valence-corrected chi connectivity index (χ1v) is 13.1. The number of carbonyl (C=O) groups is 1. The van der Waals surface area contributed by atoms with Crippen LogP contribution in [0.5, 0.6) is 0 Å². The lowest BCUT2D eigenvalue weighted by Gasteiger charge is -2.31. The van der Waals surface area contributed by atoms with E-state index in [0.717, 1.165) is 56.6 Å². The first kappa shape index (κ1) is 21.8. The Morgan fingerprint density at radius 3 is 2.79 bits per heavy atom. The van der Waals surface area contributed by atoms with Crippen molar-refractivity contribution in [2.75, 3.05) is 31.1 Å². The minimum absolute atomic E-state index is 0.308. The first-order chi connectivity index (χ1) is 16.6. The fraction of sp³-hybridized carbons (Fsp3) is 0.517. The highest BCUT2D eigenvalue weighted by Crippen LogP contribution is 2.42. The molecule has 3 aliphatic heterocycles. The van der Waals surface area contributed by atoms with Crippen molar-refractivity contribution in [1.29, 1.82) is 0 Å². The molecule has 6 rings (SSSR count). The van der Waals surface area contributed by atoms with Crippen LogP contribution in [0.4, 0.5) is 5.69 Å². The van der Waals surface area contributed by atoms with Crippen LogP contribution < -0.4 is 4.90 Å². The van der Waals surface area contributed by atoms with E-state index in [4.69, 9.17) is 4.52 Å². The molecule has 0 radical (unpaired) electrons. The van der Waals surface area contributed by atoms with Gasteiger partial charge in [-0.25, -0.2) is 0 Å². The SMILES string of the molecule is Cc1ccc2c(C3CCN(CCCCc4cc5c6c(c4)C(C)CC(=O)N6CC5)CC3)noc2c1. The molecule has 0 saturated carbocycles. The van der Waals surface area contributed by atoms with Gasteiger partial charge in [-0.3, -0.25) is 4.79 Å². The minimum Gasteiger partial charge on any atom is -0.356 e. The Hall–Kier alpha value is -2.66. The molecular formula is C29H35N3O2. The summed E-state index contributed by atoms with van der Waals surface area (Å²) in [6, 6.07) is 11.2. The molecular weight excluding hydrogens is 422 g/mol. The van der Waals surface area contributed by atoms with E-state index in [2.05, 4.69) is 54.2 Å². The van der Waals surface area contributed by atoms with Gasteiger partial charge in [0.05, 0.1) is 11.4 Å². The third-order valence-corrected chi connectivity index (χ3v) is 8.29. The number of hydrogen-bond donors (Lipinski definition) is 0. The minimum atomic E-state index is 0.308. The summed E-state index contributed by atoms with van der Waals surface area (Å²) in [4.78, 5) is 17.0. The molecule has 3 aliphatic rings. The molecule has 0 aliphatic carbocycles. The van der Waals surface area contributed by atoms with Gasteiger partial charge in [0.2, 0.25) is 5.91 Å². The van der Waals surface area contributed by atoms with Crippen molar-refractivity contribution in [3.8, 4) is 0 Å². The number of nitrogens with zero attached hydrogens (tertiary/aromatic N) is 3. The number of carbonyl (C=O) groups excluding carboxylic acids is 1. The van der Waals surface area contributed by atoms with E-state index < -0.39 is 0 Å². The highest BCUT2D eigenvalue weighted by molar-refractivity contribution is 5.99. The number of unbranched alkanes of at least 4 members (excludes halogenated alkanes) is 1. The number of likely N-dealkylation sites (tertiary alicyclic amines) is 1. The van der Waals surface area contributed by atoms with Crippen molar-refractivity contribution < 1.29 is 9.32 Å². The molecule has 3 aromatic rings. The number of anilines is 1. The van der Waals surface area contributed by atoms with Crippen LogP contribution in [0.2, 0.25) is 0 Å². The number of benzene rings is 2. The van der Waals surface area contributed by atoms with Crippen LogP contribution >= 0.6 is 0 Å². The van der Waals surface area contributed by atoms with Crippen LogP contribution in [0, 0.1) is 6.92 Å². The quantitative estimate of drug-likeness (QED) is 0.443. The van der Waals surface area contributed by atoms with Crippen molar-refractivity contribution in [2.24, 2.45) is 0 Å². The normalized spacial score (nSPS) is 20.9. The van der Waals surface area contributed by atoms with Crippen molar-refractivity contribution in [2.45, 2.75) is 70.6 Å². The number of piperidine rings is 1. The second-order valence-electron chi connectivity index (χ2n) is 10.7. The number of hydrogen-bond acceptors (Lipinski definition) is 4. The molecule has 4 heterocycles. The summed E-state index contributed by atoms with van der Waals surface area (Å²) in [7, 11) is 0. The third kappa shape index (κ3) is 3.94. The number of rotatable bonds is 6. The molecule has 5 nitrogen and oxygen atoms in total. The summed E-state index contributed by atoms with van der Waals surface area (Å²) in [6.07, 6.45) is 7.61. The molecule has 1 aromatic heterocycles. The lowest BCUT2D eigenvalue weighted by Crippen LogP contribution is -2.34. The topological polar surface area (TPSA) is 49.6 Å². The van der Waals surface area contributed by atoms with Gasteiger partial charge < -0.3 is 14.3 Å².